The maximum atomic E-state index is 13.3. The van der Waals surface area contributed by atoms with Gasteiger partial charge < -0.3 is 9.47 Å². The number of ketones is 2. The number of benzene rings is 1. The first-order valence-electron chi connectivity index (χ1n) is 11.8. The molecule has 182 valence electrons. The molecule has 0 radical (unpaired) electrons. The predicted molar refractivity (Wildman–Crippen MR) is 130 cm³/mol. The zero-order valence-electron chi connectivity index (χ0n) is 20.0. The van der Waals surface area contributed by atoms with Gasteiger partial charge in [-0.1, -0.05) is 44.1 Å². The second kappa shape index (κ2) is 11.8. The van der Waals surface area contributed by atoms with Gasteiger partial charge in [0, 0.05) is 23.2 Å². The summed E-state index contributed by atoms with van der Waals surface area (Å²) in [5.41, 5.74) is 0.791. The molecule has 1 fully saturated rings. The van der Waals surface area contributed by atoms with E-state index in [2.05, 4.69) is 0 Å². The zero-order valence-corrected chi connectivity index (χ0v) is 20.0. The van der Waals surface area contributed by atoms with Crippen LogP contribution in [0.15, 0.2) is 54.3 Å². The summed E-state index contributed by atoms with van der Waals surface area (Å²) in [6.45, 7) is 2.00. The van der Waals surface area contributed by atoms with E-state index >= 15 is 0 Å². The number of Topliss-reactive ketones (excluding diaryl/α,β-unsaturated/α-hetero) is 1. The van der Waals surface area contributed by atoms with Gasteiger partial charge in [-0.25, -0.2) is 0 Å². The second-order valence-electron chi connectivity index (χ2n) is 8.97. The molecule has 0 spiro atoms. The van der Waals surface area contributed by atoms with Crippen LogP contribution in [0.5, 0.6) is 5.75 Å². The minimum atomic E-state index is -0.981. The number of allylic oxidation sites excluding steroid dienone is 4. The summed E-state index contributed by atoms with van der Waals surface area (Å²) in [6, 6.07) is 6.25. The SMILES string of the molecule is CCCC[C@H]1C(C(=O)/C=C/c2ccc(OC)cc2)C(=O)C[C@H](C2C=CC(OC)=CC2)[C@@H]1[N+](=O)[O-]. The Hall–Kier alpha value is -3.22. The molecule has 34 heavy (non-hydrogen) atoms. The number of carbonyl (C=O) groups is 2. The average Bonchev–Trinajstić information content (AvgIpc) is 2.85. The Morgan fingerprint density at radius 3 is 2.50 bits per heavy atom. The van der Waals surface area contributed by atoms with Gasteiger partial charge in [0.05, 0.1) is 20.1 Å². The fraction of sp³-hybridized carbons (Fsp3) is 0.481. The van der Waals surface area contributed by atoms with Crippen LogP contribution in [0.2, 0.25) is 0 Å². The number of hydrogen-bond donors (Lipinski definition) is 0. The van der Waals surface area contributed by atoms with Crippen molar-refractivity contribution < 1.29 is 24.0 Å². The van der Waals surface area contributed by atoms with Crippen molar-refractivity contribution in [3.05, 3.63) is 70.0 Å². The molecule has 2 aliphatic carbocycles. The van der Waals surface area contributed by atoms with E-state index in [0.29, 0.717) is 18.6 Å². The molecule has 2 unspecified atom stereocenters. The van der Waals surface area contributed by atoms with Crippen LogP contribution in [0.3, 0.4) is 0 Å². The van der Waals surface area contributed by atoms with Crippen molar-refractivity contribution in [2.45, 2.75) is 45.1 Å². The van der Waals surface area contributed by atoms with Crippen molar-refractivity contribution in [3.63, 3.8) is 0 Å². The van der Waals surface area contributed by atoms with Crippen LogP contribution in [-0.2, 0) is 14.3 Å². The normalized spacial score (nSPS) is 26.9. The highest BCUT2D eigenvalue weighted by Gasteiger charge is 2.54. The minimum absolute atomic E-state index is 0.0339. The molecule has 0 amide bonds. The van der Waals surface area contributed by atoms with Crippen LogP contribution in [0.25, 0.3) is 6.08 Å². The van der Waals surface area contributed by atoms with Crippen molar-refractivity contribution in [3.8, 4) is 5.75 Å². The Kier molecular flexibility index (Phi) is 8.79. The number of unbranched alkanes of at least 4 members (excludes halogenated alkanes) is 1. The lowest BCUT2D eigenvalue weighted by Gasteiger charge is -2.39. The molecular formula is C27H33NO6. The minimum Gasteiger partial charge on any atom is -0.497 e. The number of nitrogens with zero attached hydrogens (tertiary/aromatic N) is 1. The summed E-state index contributed by atoms with van der Waals surface area (Å²) in [5, 5.41) is 12.3. The van der Waals surface area contributed by atoms with Gasteiger partial charge in [-0.2, -0.15) is 0 Å². The molecule has 0 saturated heterocycles. The van der Waals surface area contributed by atoms with Gasteiger partial charge in [-0.05, 0) is 54.7 Å². The first-order valence-corrected chi connectivity index (χ1v) is 11.8. The van der Waals surface area contributed by atoms with Gasteiger partial charge in [0.1, 0.15) is 17.3 Å². The number of carbonyl (C=O) groups excluding carboxylic acids is 2. The van der Waals surface area contributed by atoms with E-state index < -0.39 is 23.8 Å². The van der Waals surface area contributed by atoms with Crippen LogP contribution >= 0.6 is 0 Å². The molecule has 1 aromatic rings. The second-order valence-corrected chi connectivity index (χ2v) is 8.97. The third-order valence-electron chi connectivity index (χ3n) is 6.97. The molecule has 7 nitrogen and oxygen atoms in total. The summed E-state index contributed by atoms with van der Waals surface area (Å²) in [6.07, 6.45) is 11.3. The van der Waals surface area contributed by atoms with Gasteiger partial charge in [-0.15, -0.1) is 0 Å². The van der Waals surface area contributed by atoms with E-state index in [1.807, 2.05) is 37.3 Å². The Morgan fingerprint density at radius 1 is 1.21 bits per heavy atom. The lowest BCUT2D eigenvalue weighted by atomic mass is 9.62. The molecule has 0 aliphatic heterocycles. The van der Waals surface area contributed by atoms with E-state index in [9.17, 15) is 19.7 Å². The third kappa shape index (κ3) is 5.82. The van der Waals surface area contributed by atoms with E-state index in [1.54, 1.807) is 32.4 Å². The summed E-state index contributed by atoms with van der Waals surface area (Å²) >= 11 is 0. The number of nitro groups is 1. The summed E-state index contributed by atoms with van der Waals surface area (Å²) in [4.78, 5) is 38.6. The Labute approximate surface area is 200 Å². The van der Waals surface area contributed by atoms with E-state index in [-0.39, 0.29) is 28.8 Å². The monoisotopic (exact) mass is 467 g/mol. The first kappa shape index (κ1) is 25.4. The standard InChI is InChI=1S/C27H33NO6/c1-4-5-6-22-26(24(29)16-9-18-7-12-20(33-2)13-8-18)25(30)17-23(27(22)28(31)32)19-10-14-21(34-3)15-11-19/h7-10,12-16,19,22-23,26-27H,4-6,11,17H2,1-3H3/b16-9+/t19?,22-,23+,26?,27+/m0/s1. The lowest BCUT2D eigenvalue weighted by Crippen LogP contribution is -2.52. The maximum absolute atomic E-state index is 13.3. The predicted octanol–water partition coefficient (Wildman–Crippen LogP) is 5.04. The fourth-order valence-electron chi connectivity index (χ4n) is 5.18. The van der Waals surface area contributed by atoms with E-state index in [0.717, 1.165) is 24.2 Å². The Bertz CT molecular complexity index is 977. The molecular weight excluding hydrogens is 434 g/mol. The highest BCUT2D eigenvalue weighted by Crippen LogP contribution is 2.43. The molecule has 0 N–H and O–H groups in total. The summed E-state index contributed by atoms with van der Waals surface area (Å²) in [5.74, 6) is -1.29. The zero-order chi connectivity index (χ0) is 24.7. The largest absolute Gasteiger partial charge is 0.497 e. The summed E-state index contributed by atoms with van der Waals surface area (Å²) in [7, 11) is 3.16. The molecule has 0 aromatic heterocycles. The lowest BCUT2D eigenvalue weighted by molar-refractivity contribution is -0.546. The van der Waals surface area contributed by atoms with Crippen molar-refractivity contribution in [2.75, 3.05) is 14.2 Å². The molecule has 2 aliphatic rings. The molecule has 3 rings (SSSR count). The van der Waals surface area contributed by atoms with Crippen LogP contribution in [0, 0.1) is 33.8 Å². The van der Waals surface area contributed by atoms with Crippen LogP contribution in [0.4, 0.5) is 0 Å². The Balaban J connectivity index is 1.86. The fourth-order valence-corrected chi connectivity index (χ4v) is 5.18. The molecule has 1 aromatic carbocycles. The highest BCUT2D eigenvalue weighted by atomic mass is 16.6. The average molecular weight is 468 g/mol. The maximum Gasteiger partial charge on any atom is 0.220 e. The van der Waals surface area contributed by atoms with Crippen molar-refractivity contribution in [1.29, 1.82) is 0 Å². The van der Waals surface area contributed by atoms with Crippen molar-refractivity contribution in [1.82, 2.24) is 0 Å². The van der Waals surface area contributed by atoms with Gasteiger partial charge in [0.2, 0.25) is 6.04 Å². The molecule has 0 heterocycles. The topological polar surface area (TPSA) is 95.7 Å². The van der Waals surface area contributed by atoms with Crippen LogP contribution < -0.4 is 4.74 Å². The van der Waals surface area contributed by atoms with Gasteiger partial charge in [0.25, 0.3) is 0 Å². The number of hydrogen-bond acceptors (Lipinski definition) is 6. The smallest absolute Gasteiger partial charge is 0.220 e. The number of rotatable bonds is 10. The number of ether oxygens (including phenoxy) is 2. The third-order valence-corrected chi connectivity index (χ3v) is 6.97. The van der Waals surface area contributed by atoms with Crippen LogP contribution in [0.1, 0.15) is 44.6 Å². The van der Waals surface area contributed by atoms with Gasteiger partial charge in [0.15, 0.2) is 5.78 Å². The molecule has 7 heteroatoms. The van der Waals surface area contributed by atoms with E-state index in [4.69, 9.17) is 9.47 Å². The van der Waals surface area contributed by atoms with Crippen molar-refractivity contribution >= 4 is 17.6 Å². The van der Waals surface area contributed by atoms with E-state index in [1.165, 1.54) is 6.08 Å². The molecule has 0 bridgehead atoms. The molecule has 1 saturated carbocycles. The first-order chi connectivity index (χ1) is 16.4. The number of methoxy groups -OCH3 is 2. The highest BCUT2D eigenvalue weighted by molar-refractivity contribution is 6.09. The van der Waals surface area contributed by atoms with Crippen LogP contribution in [-0.4, -0.2) is 36.8 Å². The van der Waals surface area contributed by atoms with Gasteiger partial charge in [-0.3, -0.25) is 19.7 Å². The summed E-state index contributed by atoms with van der Waals surface area (Å²) < 4.78 is 10.4. The Morgan fingerprint density at radius 2 is 1.94 bits per heavy atom. The molecule has 5 atom stereocenters. The van der Waals surface area contributed by atoms with Gasteiger partial charge >= 0.3 is 0 Å². The quantitative estimate of drug-likeness (QED) is 0.207. The van der Waals surface area contributed by atoms with Crippen molar-refractivity contribution in [2.24, 2.45) is 23.7 Å².